The van der Waals surface area contributed by atoms with Crippen LogP contribution in [0.3, 0.4) is 0 Å². The lowest BCUT2D eigenvalue weighted by Crippen LogP contribution is -2.28. The summed E-state index contributed by atoms with van der Waals surface area (Å²) < 4.78 is 0. The highest BCUT2D eigenvalue weighted by Crippen LogP contribution is 2.33. The van der Waals surface area contributed by atoms with Gasteiger partial charge in [-0.15, -0.1) is 0 Å². The van der Waals surface area contributed by atoms with Crippen molar-refractivity contribution in [2.24, 2.45) is 5.92 Å². The zero-order valence-corrected chi connectivity index (χ0v) is 15.6. The number of benzene rings is 2. The van der Waals surface area contributed by atoms with Crippen molar-refractivity contribution in [1.29, 1.82) is 0 Å². The number of nitrogens with zero attached hydrogens (tertiary/aromatic N) is 1. The Morgan fingerprint density at radius 3 is 2.52 bits per heavy atom. The van der Waals surface area contributed by atoms with Crippen LogP contribution in [0.4, 0.5) is 11.4 Å². The van der Waals surface area contributed by atoms with Crippen molar-refractivity contribution in [2.75, 3.05) is 16.8 Å². The highest BCUT2D eigenvalue weighted by molar-refractivity contribution is 6.39. The van der Waals surface area contributed by atoms with Gasteiger partial charge in [0, 0.05) is 23.7 Å². The largest absolute Gasteiger partial charge is 0.323 e. The van der Waals surface area contributed by atoms with Crippen LogP contribution >= 0.6 is 34.8 Å². The Hall–Kier alpha value is -1.75. The molecule has 1 unspecified atom stereocenters. The van der Waals surface area contributed by atoms with Crippen molar-refractivity contribution < 1.29 is 9.59 Å². The normalized spacial score (nSPS) is 17.0. The van der Waals surface area contributed by atoms with Crippen LogP contribution in [0.1, 0.15) is 12.0 Å². The third-order valence-electron chi connectivity index (χ3n) is 4.17. The van der Waals surface area contributed by atoms with Crippen LogP contribution in [0.25, 0.3) is 0 Å². The number of amides is 2. The molecule has 4 nitrogen and oxygen atoms in total. The molecule has 1 fully saturated rings. The fraction of sp³-hybridized carbons (Fsp3) is 0.222. The Labute approximate surface area is 160 Å². The standard InChI is InChI=1S/C18H15Cl3N2O2/c1-10-5-6-12(19)8-15(10)23-9-11(7-16(23)24)18(25)22-17-13(20)3-2-4-14(17)21/h2-6,8,11H,7,9H2,1H3,(H,22,25). The number of rotatable bonds is 3. The van der Waals surface area contributed by atoms with Gasteiger partial charge in [-0.1, -0.05) is 46.9 Å². The van der Waals surface area contributed by atoms with Gasteiger partial charge in [0.1, 0.15) is 0 Å². The second kappa shape index (κ2) is 7.24. The summed E-state index contributed by atoms with van der Waals surface area (Å²) in [5.74, 6) is -0.889. The number of nitrogens with one attached hydrogen (secondary N) is 1. The van der Waals surface area contributed by atoms with Crippen LogP contribution in [-0.2, 0) is 9.59 Å². The maximum absolute atomic E-state index is 12.6. The van der Waals surface area contributed by atoms with Gasteiger partial charge in [0.2, 0.25) is 11.8 Å². The minimum absolute atomic E-state index is 0.115. The topological polar surface area (TPSA) is 49.4 Å². The lowest BCUT2D eigenvalue weighted by Gasteiger charge is -2.19. The molecule has 0 bridgehead atoms. The summed E-state index contributed by atoms with van der Waals surface area (Å²) in [7, 11) is 0. The molecule has 3 rings (SSSR count). The first-order chi connectivity index (χ1) is 11.9. The Balaban J connectivity index is 1.78. The quantitative estimate of drug-likeness (QED) is 0.797. The minimum atomic E-state index is -0.488. The second-order valence-corrected chi connectivity index (χ2v) is 7.17. The average molecular weight is 398 g/mol. The van der Waals surface area contributed by atoms with Gasteiger partial charge in [0.15, 0.2) is 0 Å². The van der Waals surface area contributed by atoms with Crippen LogP contribution < -0.4 is 10.2 Å². The smallest absolute Gasteiger partial charge is 0.229 e. The Bertz CT molecular complexity index is 834. The molecule has 1 atom stereocenters. The number of anilines is 2. The van der Waals surface area contributed by atoms with Crippen molar-refractivity contribution in [2.45, 2.75) is 13.3 Å². The van der Waals surface area contributed by atoms with Crippen LogP contribution in [0, 0.1) is 12.8 Å². The van der Waals surface area contributed by atoms with Crippen molar-refractivity contribution >= 4 is 58.0 Å². The predicted molar refractivity (Wildman–Crippen MR) is 102 cm³/mol. The molecule has 130 valence electrons. The van der Waals surface area contributed by atoms with Gasteiger partial charge >= 0.3 is 0 Å². The van der Waals surface area contributed by atoms with Gasteiger partial charge in [-0.05, 0) is 36.8 Å². The van der Waals surface area contributed by atoms with Crippen molar-refractivity contribution in [3.8, 4) is 0 Å². The number of carbonyl (C=O) groups excluding carboxylic acids is 2. The van der Waals surface area contributed by atoms with Crippen molar-refractivity contribution in [3.63, 3.8) is 0 Å². The highest BCUT2D eigenvalue weighted by Gasteiger charge is 2.36. The molecule has 0 radical (unpaired) electrons. The number of aryl methyl sites for hydroxylation is 1. The van der Waals surface area contributed by atoms with E-state index in [-0.39, 0.29) is 24.8 Å². The summed E-state index contributed by atoms with van der Waals surface area (Å²) in [5, 5.41) is 3.99. The van der Waals surface area contributed by atoms with E-state index in [0.29, 0.717) is 20.8 Å². The zero-order valence-electron chi connectivity index (χ0n) is 13.4. The van der Waals surface area contributed by atoms with E-state index in [9.17, 15) is 9.59 Å². The lowest BCUT2D eigenvalue weighted by molar-refractivity contribution is -0.122. The lowest BCUT2D eigenvalue weighted by atomic mass is 10.1. The molecular weight excluding hydrogens is 383 g/mol. The molecule has 7 heteroatoms. The second-order valence-electron chi connectivity index (χ2n) is 5.92. The minimum Gasteiger partial charge on any atom is -0.323 e. The van der Waals surface area contributed by atoms with Crippen LogP contribution in [0.2, 0.25) is 15.1 Å². The number of para-hydroxylation sites is 1. The van der Waals surface area contributed by atoms with Crippen LogP contribution in [-0.4, -0.2) is 18.4 Å². The number of halogens is 3. The Kier molecular flexibility index (Phi) is 5.23. The molecule has 2 amide bonds. The van der Waals surface area contributed by atoms with E-state index < -0.39 is 5.92 Å². The summed E-state index contributed by atoms with van der Waals surface area (Å²) in [6, 6.07) is 10.3. The first kappa shape index (κ1) is 18.1. The fourth-order valence-electron chi connectivity index (χ4n) is 2.83. The molecule has 0 aromatic heterocycles. The molecule has 1 aliphatic heterocycles. The molecule has 1 aliphatic rings. The molecule has 25 heavy (non-hydrogen) atoms. The van der Waals surface area contributed by atoms with E-state index in [0.717, 1.165) is 11.3 Å². The fourth-order valence-corrected chi connectivity index (χ4v) is 3.49. The van der Waals surface area contributed by atoms with Gasteiger partial charge in [-0.3, -0.25) is 9.59 Å². The van der Waals surface area contributed by atoms with Crippen molar-refractivity contribution in [3.05, 3.63) is 57.0 Å². The van der Waals surface area contributed by atoms with Gasteiger partial charge in [0.25, 0.3) is 0 Å². The zero-order chi connectivity index (χ0) is 18.1. The van der Waals surface area contributed by atoms with Gasteiger partial charge in [-0.2, -0.15) is 0 Å². The molecule has 2 aromatic carbocycles. The maximum Gasteiger partial charge on any atom is 0.229 e. The molecule has 1 saturated heterocycles. The summed E-state index contributed by atoms with van der Waals surface area (Å²) in [5.41, 5.74) is 2.01. The predicted octanol–water partition coefficient (Wildman–Crippen LogP) is 4.95. The molecule has 1 heterocycles. The molecular formula is C18H15Cl3N2O2. The van der Waals surface area contributed by atoms with E-state index in [1.807, 2.05) is 13.0 Å². The molecule has 0 aliphatic carbocycles. The molecule has 1 N–H and O–H groups in total. The van der Waals surface area contributed by atoms with E-state index in [1.165, 1.54) is 0 Å². The van der Waals surface area contributed by atoms with E-state index >= 15 is 0 Å². The molecule has 2 aromatic rings. The Morgan fingerprint density at radius 2 is 1.84 bits per heavy atom. The molecule has 0 spiro atoms. The summed E-state index contributed by atoms with van der Waals surface area (Å²) in [6.07, 6.45) is 0.125. The van der Waals surface area contributed by atoms with E-state index in [1.54, 1.807) is 35.2 Å². The number of hydrogen-bond donors (Lipinski definition) is 1. The average Bonchev–Trinajstić information content (AvgIpc) is 2.95. The van der Waals surface area contributed by atoms with Gasteiger partial charge in [0.05, 0.1) is 21.7 Å². The summed E-state index contributed by atoms with van der Waals surface area (Å²) >= 11 is 18.2. The molecule has 0 saturated carbocycles. The summed E-state index contributed by atoms with van der Waals surface area (Å²) in [6.45, 7) is 2.18. The van der Waals surface area contributed by atoms with Gasteiger partial charge < -0.3 is 10.2 Å². The van der Waals surface area contributed by atoms with Crippen LogP contribution in [0.5, 0.6) is 0 Å². The van der Waals surface area contributed by atoms with Crippen LogP contribution in [0.15, 0.2) is 36.4 Å². The third-order valence-corrected chi connectivity index (χ3v) is 5.03. The number of carbonyl (C=O) groups is 2. The third kappa shape index (κ3) is 3.76. The SMILES string of the molecule is Cc1ccc(Cl)cc1N1CC(C(=O)Nc2c(Cl)cccc2Cl)CC1=O. The van der Waals surface area contributed by atoms with Crippen molar-refractivity contribution in [1.82, 2.24) is 0 Å². The maximum atomic E-state index is 12.6. The first-order valence-electron chi connectivity index (χ1n) is 7.68. The van der Waals surface area contributed by atoms with E-state index in [4.69, 9.17) is 34.8 Å². The number of hydrogen-bond acceptors (Lipinski definition) is 2. The Morgan fingerprint density at radius 1 is 1.16 bits per heavy atom. The highest BCUT2D eigenvalue weighted by atomic mass is 35.5. The first-order valence-corrected chi connectivity index (χ1v) is 8.81. The summed E-state index contributed by atoms with van der Waals surface area (Å²) in [4.78, 5) is 26.5. The van der Waals surface area contributed by atoms with E-state index in [2.05, 4.69) is 5.32 Å². The monoisotopic (exact) mass is 396 g/mol. The van der Waals surface area contributed by atoms with Gasteiger partial charge in [-0.25, -0.2) is 0 Å².